The quantitative estimate of drug-likeness (QED) is 0.499. The summed E-state index contributed by atoms with van der Waals surface area (Å²) in [5, 5.41) is 14.5. The Balaban J connectivity index is 1.69. The van der Waals surface area contributed by atoms with E-state index in [-0.39, 0.29) is 25.0 Å². The number of hydrogen-bond donors (Lipinski definition) is 3. The number of benzene rings is 2. The van der Waals surface area contributed by atoms with Crippen LogP contribution in [0.25, 0.3) is 11.1 Å². The average Bonchev–Trinajstić information content (AvgIpc) is 3.11. The molecule has 0 radical (unpaired) electrons. The molecule has 1 aliphatic carbocycles. The Morgan fingerprint density at radius 2 is 1.49 bits per heavy atom. The molecule has 0 unspecified atom stereocenters. The van der Waals surface area contributed by atoms with Gasteiger partial charge in [0.05, 0.1) is 12.2 Å². The lowest BCUT2D eigenvalue weighted by molar-refractivity contribution is -0.144. The van der Waals surface area contributed by atoms with E-state index in [1.54, 1.807) is 13.8 Å². The van der Waals surface area contributed by atoms with Gasteiger partial charge >= 0.3 is 12.1 Å². The van der Waals surface area contributed by atoms with Gasteiger partial charge in [0.1, 0.15) is 18.7 Å². The number of alkyl carbamates (subject to hydrolysis) is 1. The molecule has 0 saturated heterocycles. The zero-order valence-electron chi connectivity index (χ0n) is 20.8. The first kappa shape index (κ1) is 26.2. The lowest BCUT2D eigenvalue weighted by Gasteiger charge is -2.26. The zero-order chi connectivity index (χ0) is 25.8. The summed E-state index contributed by atoms with van der Waals surface area (Å²) in [5.74, 6) is -2.26. The van der Waals surface area contributed by atoms with Gasteiger partial charge < -0.3 is 25.2 Å². The molecule has 35 heavy (non-hydrogen) atoms. The van der Waals surface area contributed by atoms with Crippen LogP contribution in [0.5, 0.6) is 0 Å². The van der Waals surface area contributed by atoms with Crippen LogP contribution in [0.2, 0.25) is 0 Å². The first-order chi connectivity index (χ1) is 16.5. The number of hydrogen-bond acceptors (Lipinski definition) is 5. The summed E-state index contributed by atoms with van der Waals surface area (Å²) in [6.07, 6.45) is -0.777. The summed E-state index contributed by atoms with van der Waals surface area (Å²) in [6.45, 7) is 8.82. The molecule has 3 rings (SSSR count). The largest absolute Gasteiger partial charge is 0.480 e. The standard InChI is InChI=1S/C27H34N2O6/c1-16(2)23(25(31)32)29-24(30)22(15-35-27(3,4)5)28-26(33)34-14-21-19-12-8-6-10-17(19)18-11-7-9-13-20(18)21/h6-13,16,21-23H,14-15H2,1-5H3,(H,28,33)(H,29,30)(H,31,32)/t22-,23-/m0/s1. The van der Waals surface area contributed by atoms with Crippen LogP contribution in [0.1, 0.15) is 51.7 Å². The number of rotatable bonds is 9. The van der Waals surface area contributed by atoms with E-state index in [4.69, 9.17) is 9.47 Å². The van der Waals surface area contributed by atoms with Crippen LogP contribution in [-0.4, -0.2) is 54.0 Å². The summed E-state index contributed by atoms with van der Waals surface area (Å²) in [5.41, 5.74) is 3.81. The van der Waals surface area contributed by atoms with Crippen LogP contribution < -0.4 is 10.6 Å². The van der Waals surface area contributed by atoms with Gasteiger partial charge in [0.15, 0.2) is 0 Å². The monoisotopic (exact) mass is 482 g/mol. The summed E-state index contributed by atoms with van der Waals surface area (Å²) in [7, 11) is 0. The molecule has 0 bridgehead atoms. The fraction of sp³-hybridized carbons (Fsp3) is 0.444. The molecule has 0 saturated carbocycles. The summed E-state index contributed by atoms with van der Waals surface area (Å²) < 4.78 is 11.3. The second-order valence-electron chi connectivity index (χ2n) is 10.0. The van der Waals surface area contributed by atoms with E-state index >= 15 is 0 Å². The van der Waals surface area contributed by atoms with Gasteiger partial charge in [0, 0.05) is 5.92 Å². The predicted octanol–water partition coefficient (Wildman–Crippen LogP) is 3.93. The summed E-state index contributed by atoms with van der Waals surface area (Å²) >= 11 is 0. The minimum atomic E-state index is -1.15. The zero-order valence-corrected chi connectivity index (χ0v) is 20.8. The first-order valence-electron chi connectivity index (χ1n) is 11.8. The number of fused-ring (bicyclic) bond motifs is 3. The molecule has 1 aliphatic rings. The molecule has 2 aromatic rings. The van der Waals surface area contributed by atoms with E-state index in [2.05, 4.69) is 10.6 Å². The number of nitrogens with one attached hydrogen (secondary N) is 2. The maximum atomic E-state index is 12.9. The Bertz CT molecular complexity index is 1030. The van der Waals surface area contributed by atoms with Gasteiger partial charge in [0.25, 0.3) is 0 Å². The van der Waals surface area contributed by atoms with Crippen LogP contribution >= 0.6 is 0 Å². The molecule has 3 N–H and O–H groups in total. The number of aliphatic carboxylic acids is 1. The van der Waals surface area contributed by atoms with Gasteiger partial charge in [-0.15, -0.1) is 0 Å². The van der Waals surface area contributed by atoms with Crippen molar-refractivity contribution in [1.29, 1.82) is 0 Å². The maximum absolute atomic E-state index is 12.9. The number of carboxylic acids is 1. The third kappa shape index (κ3) is 6.60. The van der Waals surface area contributed by atoms with Crippen molar-refractivity contribution in [2.24, 2.45) is 5.92 Å². The van der Waals surface area contributed by atoms with Gasteiger partial charge in [-0.25, -0.2) is 9.59 Å². The van der Waals surface area contributed by atoms with Crippen molar-refractivity contribution in [3.8, 4) is 11.1 Å². The van der Waals surface area contributed by atoms with Crippen LogP contribution in [0.4, 0.5) is 4.79 Å². The number of carbonyl (C=O) groups is 3. The maximum Gasteiger partial charge on any atom is 0.407 e. The molecule has 0 aliphatic heterocycles. The minimum absolute atomic E-state index is 0.0953. The first-order valence-corrected chi connectivity index (χ1v) is 11.8. The van der Waals surface area contributed by atoms with E-state index in [1.165, 1.54) is 0 Å². The summed E-state index contributed by atoms with van der Waals surface area (Å²) in [6, 6.07) is 13.8. The second-order valence-corrected chi connectivity index (χ2v) is 10.0. The third-order valence-electron chi connectivity index (χ3n) is 5.87. The highest BCUT2D eigenvalue weighted by Gasteiger charge is 2.32. The molecule has 0 spiro atoms. The fourth-order valence-corrected chi connectivity index (χ4v) is 4.07. The Kier molecular flexibility index (Phi) is 8.17. The van der Waals surface area contributed by atoms with E-state index in [1.807, 2.05) is 69.3 Å². The fourth-order valence-electron chi connectivity index (χ4n) is 4.07. The number of amides is 2. The molecule has 0 aromatic heterocycles. The van der Waals surface area contributed by atoms with Gasteiger partial charge in [-0.2, -0.15) is 0 Å². The number of carbonyl (C=O) groups excluding carboxylic acids is 2. The highest BCUT2D eigenvalue weighted by atomic mass is 16.5. The van der Waals surface area contributed by atoms with Gasteiger partial charge in [-0.3, -0.25) is 4.79 Å². The average molecular weight is 483 g/mol. The number of carboxylic acid groups (broad SMARTS) is 1. The lowest BCUT2D eigenvalue weighted by atomic mass is 9.98. The number of ether oxygens (including phenoxy) is 2. The van der Waals surface area contributed by atoms with Crippen LogP contribution in [0.15, 0.2) is 48.5 Å². The van der Waals surface area contributed by atoms with Crippen molar-refractivity contribution >= 4 is 18.0 Å². The van der Waals surface area contributed by atoms with E-state index in [0.29, 0.717) is 0 Å². The third-order valence-corrected chi connectivity index (χ3v) is 5.87. The highest BCUT2D eigenvalue weighted by Crippen LogP contribution is 2.44. The SMILES string of the molecule is CC(C)[C@H](NC(=O)[C@H](COC(C)(C)C)NC(=O)OCC1c2ccccc2-c2ccccc21)C(=O)O. The van der Waals surface area contributed by atoms with Crippen molar-refractivity contribution in [3.05, 3.63) is 59.7 Å². The molecule has 2 amide bonds. The van der Waals surface area contributed by atoms with Gasteiger partial charge in [-0.1, -0.05) is 62.4 Å². The van der Waals surface area contributed by atoms with Gasteiger partial charge in [0.2, 0.25) is 5.91 Å². The van der Waals surface area contributed by atoms with Crippen molar-refractivity contribution in [2.45, 2.75) is 58.2 Å². The van der Waals surface area contributed by atoms with E-state index in [0.717, 1.165) is 22.3 Å². The van der Waals surface area contributed by atoms with Crippen LogP contribution in [-0.2, 0) is 19.1 Å². The second kappa shape index (κ2) is 10.9. The molecule has 2 atom stereocenters. The lowest BCUT2D eigenvalue weighted by Crippen LogP contribution is -2.55. The molecule has 0 fully saturated rings. The van der Waals surface area contributed by atoms with Crippen molar-refractivity contribution in [1.82, 2.24) is 10.6 Å². The predicted molar refractivity (Wildman–Crippen MR) is 132 cm³/mol. The van der Waals surface area contributed by atoms with Crippen molar-refractivity contribution in [2.75, 3.05) is 13.2 Å². The normalized spacial score (nSPS) is 14.6. The minimum Gasteiger partial charge on any atom is -0.480 e. The Morgan fingerprint density at radius 1 is 0.943 bits per heavy atom. The Labute approximate surface area is 206 Å². The molecule has 0 heterocycles. The van der Waals surface area contributed by atoms with Crippen LogP contribution in [0, 0.1) is 5.92 Å². The Hall–Kier alpha value is -3.39. The van der Waals surface area contributed by atoms with Crippen LogP contribution in [0.3, 0.4) is 0 Å². The highest BCUT2D eigenvalue weighted by molar-refractivity contribution is 5.89. The van der Waals surface area contributed by atoms with E-state index in [9.17, 15) is 19.5 Å². The topological polar surface area (TPSA) is 114 Å². The molecular formula is C27H34N2O6. The molecular weight excluding hydrogens is 448 g/mol. The van der Waals surface area contributed by atoms with E-state index < -0.39 is 35.7 Å². The molecule has 188 valence electrons. The molecule has 2 aromatic carbocycles. The van der Waals surface area contributed by atoms with Gasteiger partial charge in [-0.05, 0) is 48.9 Å². The smallest absolute Gasteiger partial charge is 0.407 e. The Morgan fingerprint density at radius 3 is 1.97 bits per heavy atom. The molecule has 8 heteroatoms. The van der Waals surface area contributed by atoms with Crippen molar-refractivity contribution < 1.29 is 29.0 Å². The van der Waals surface area contributed by atoms with Crippen molar-refractivity contribution in [3.63, 3.8) is 0 Å². The summed E-state index contributed by atoms with van der Waals surface area (Å²) in [4.78, 5) is 37.1. The molecule has 8 nitrogen and oxygen atoms in total.